The third-order valence-corrected chi connectivity index (χ3v) is 5.45. The predicted octanol–water partition coefficient (Wildman–Crippen LogP) is 5.77. The van der Waals surface area contributed by atoms with Crippen LogP contribution in [0.5, 0.6) is 0 Å². The molecule has 0 amide bonds. The molecule has 2 heterocycles. The molecule has 4 rings (SSSR count). The molecular formula is C18H12Cl2N2S. The Hall–Kier alpha value is -1.55. The molecule has 2 nitrogen and oxygen atoms in total. The van der Waals surface area contributed by atoms with Gasteiger partial charge in [0.2, 0.25) is 0 Å². The van der Waals surface area contributed by atoms with Gasteiger partial charge in [-0.2, -0.15) is 0 Å². The third kappa shape index (κ3) is 2.85. The minimum atomic E-state index is 0.539. The summed E-state index contributed by atoms with van der Waals surface area (Å²) in [6, 6.07) is 15.8. The summed E-state index contributed by atoms with van der Waals surface area (Å²) < 4.78 is 0. The highest BCUT2D eigenvalue weighted by atomic mass is 35.5. The molecule has 5 heteroatoms. The summed E-state index contributed by atoms with van der Waals surface area (Å²) in [4.78, 5) is 10.6. The molecule has 0 N–H and O–H groups in total. The van der Waals surface area contributed by atoms with E-state index in [2.05, 4.69) is 23.2 Å². The zero-order valence-corrected chi connectivity index (χ0v) is 14.4. The summed E-state index contributed by atoms with van der Waals surface area (Å²) in [7, 11) is 0. The van der Waals surface area contributed by atoms with Crippen molar-refractivity contribution in [1.82, 2.24) is 9.97 Å². The maximum Gasteiger partial charge on any atom is 0.161 e. The second-order valence-corrected chi connectivity index (χ2v) is 7.20. The summed E-state index contributed by atoms with van der Waals surface area (Å²) in [6.07, 6.45) is 0.869. The SMILES string of the molecule is Clc1ccc(-c2nc(Cl)c3c(n2)-c2ccccc2SCC3)cc1. The van der Waals surface area contributed by atoms with E-state index in [4.69, 9.17) is 28.2 Å². The van der Waals surface area contributed by atoms with Gasteiger partial charge in [0, 0.05) is 32.4 Å². The van der Waals surface area contributed by atoms with E-state index in [1.165, 1.54) is 4.90 Å². The van der Waals surface area contributed by atoms with Crippen molar-refractivity contribution in [3.05, 3.63) is 64.3 Å². The summed E-state index contributed by atoms with van der Waals surface area (Å²) in [5, 5.41) is 1.23. The van der Waals surface area contributed by atoms with E-state index >= 15 is 0 Å². The Kier molecular flexibility index (Phi) is 4.02. The van der Waals surface area contributed by atoms with Gasteiger partial charge in [-0.05, 0) is 36.8 Å². The van der Waals surface area contributed by atoms with E-state index in [0.717, 1.165) is 34.6 Å². The lowest BCUT2D eigenvalue weighted by Gasteiger charge is -2.11. The molecule has 0 fully saturated rings. The number of aromatic nitrogens is 2. The smallest absolute Gasteiger partial charge is 0.161 e. The van der Waals surface area contributed by atoms with E-state index in [9.17, 15) is 0 Å². The fourth-order valence-corrected chi connectivity index (χ4v) is 4.09. The standard InChI is InChI=1S/C18H12Cl2N2S/c19-12-7-5-11(6-8-12)18-21-16-13-3-1-2-4-15(13)23-10-9-14(16)17(20)22-18/h1-8H,9-10H2. The Morgan fingerprint density at radius 3 is 2.52 bits per heavy atom. The first-order chi connectivity index (χ1) is 11.2. The second-order valence-electron chi connectivity index (χ2n) is 5.27. The van der Waals surface area contributed by atoms with Crippen LogP contribution in [0.25, 0.3) is 22.6 Å². The van der Waals surface area contributed by atoms with Crippen molar-refractivity contribution in [2.24, 2.45) is 0 Å². The lowest BCUT2D eigenvalue weighted by atomic mass is 10.0. The first-order valence-electron chi connectivity index (χ1n) is 7.27. The molecule has 114 valence electrons. The normalized spacial score (nSPS) is 13.1. The Morgan fingerprint density at radius 2 is 1.70 bits per heavy atom. The average Bonchev–Trinajstić information content (AvgIpc) is 2.75. The molecular weight excluding hydrogens is 347 g/mol. The van der Waals surface area contributed by atoms with Gasteiger partial charge in [-0.15, -0.1) is 11.8 Å². The zero-order valence-electron chi connectivity index (χ0n) is 12.1. The minimum absolute atomic E-state index is 0.539. The molecule has 0 saturated carbocycles. The van der Waals surface area contributed by atoms with Crippen LogP contribution in [0.15, 0.2) is 53.4 Å². The van der Waals surface area contributed by atoms with Crippen LogP contribution in [-0.2, 0) is 6.42 Å². The summed E-state index contributed by atoms with van der Waals surface area (Å²) in [5.41, 5.74) is 4.01. The molecule has 0 saturated heterocycles. The van der Waals surface area contributed by atoms with Crippen LogP contribution in [0.4, 0.5) is 0 Å². The van der Waals surface area contributed by atoms with Crippen molar-refractivity contribution in [3.8, 4) is 22.6 Å². The highest BCUT2D eigenvalue weighted by molar-refractivity contribution is 7.99. The molecule has 0 spiro atoms. The first kappa shape index (κ1) is 15.0. The molecule has 1 aromatic heterocycles. The van der Waals surface area contributed by atoms with E-state index in [1.807, 2.05) is 42.1 Å². The molecule has 0 unspecified atom stereocenters. The van der Waals surface area contributed by atoms with Crippen LogP contribution in [0.3, 0.4) is 0 Å². The second kappa shape index (κ2) is 6.16. The van der Waals surface area contributed by atoms with Crippen molar-refractivity contribution >= 4 is 35.0 Å². The molecule has 3 aromatic rings. The van der Waals surface area contributed by atoms with Gasteiger partial charge in [0.25, 0.3) is 0 Å². The molecule has 23 heavy (non-hydrogen) atoms. The number of thioether (sulfide) groups is 1. The van der Waals surface area contributed by atoms with Gasteiger partial charge in [0.05, 0.1) is 5.69 Å². The monoisotopic (exact) mass is 358 g/mol. The van der Waals surface area contributed by atoms with Crippen molar-refractivity contribution < 1.29 is 0 Å². The van der Waals surface area contributed by atoms with E-state index in [-0.39, 0.29) is 0 Å². The Morgan fingerprint density at radius 1 is 0.913 bits per heavy atom. The summed E-state index contributed by atoms with van der Waals surface area (Å²) in [6.45, 7) is 0. The van der Waals surface area contributed by atoms with E-state index < -0.39 is 0 Å². The lowest BCUT2D eigenvalue weighted by Crippen LogP contribution is -2.00. The quantitative estimate of drug-likeness (QED) is 0.516. The van der Waals surface area contributed by atoms with Crippen molar-refractivity contribution in [1.29, 1.82) is 0 Å². The average molecular weight is 359 g/mol. The predicted molar refractivity (Wildman–Crippen MR) is 97.4 cm³/mol. The molecule has 0 bridgehead atoms. The van der Waals surface area contributed by atoms with E-state index in [0.29, 0.717) is 16.0 Å². The van der Waals surface area contributed by atoms with Crippen molar-refractivity contribution in [3.63, 3.8) is 0 Å². The van der Waals surface area contributed by atoms with Gasteiger partial charge in [0.1, 0.15) is 5.15 Å². The zero-order chi connectivity index (χ0) is 15.8. The van der Waals surface area contributed by atoms with Gasteiger partial charge in [-0.25, -0.2) is 9.97 Å². The van der Waals surface area contributed by atoms with E-state index in [1.54, 1.807) is 0 Å². The number of nitrogens with zero attached hydrogens (tertiary/aromatic N) is 2. The number of benzene rings is 2. The number of halogens is 2. The van der Waals surface area contributed by atoms with Crippen LogP contribution < -0.4 is 0 Å². The molecule has 2 aromatic carbocycles. The molecule has 0 aliphatic carbocycles. The summed E-state index contributed by atoms with van der Waals surface area (Å²) in [5.74, 6) is 1.61. The van der Waals surface area contributed by atoms with Gasteiger partial charge < -0.3 is 0 Å². The fraction of sp³-hybridized carbons (Fsp3) is 0.111. The maximum atomic E-state index is 6.48. The highest BCUT2D eigenvalue weighted by Crippen LogP contribution is 2.39. The largest absolute Gasteiger partial charge is 0.228 e. The minimum Gasteiger partial charge on any atom is -0.228 e. The number of fused-ring (bicyclic) bond motifs is 3. The number of hydrogen-bond donors (Lipinski definition) is 0. The number of hydrogen-bond acceptors (Lipinski definition) is 3. The lowest BCUT2D eigenvalue weighted by molar-refractivity contribution is 1.07. The van der Waals surface area contributed by atoms with Crippen molar-refractivity contribution in [2.45, 2.75) is 11.3 Å². The summed E-state index contributed by atoms with van der Waals surface area (Å²) >= 11 is 14.3. The van der Waals surface area contributed by atoms with Crippen LogP contribution in [-0.4, -0.2) is 15.7 Å². The highest BCUT2D eigenvalue weighted by Gasteiger charge is 2.20. The van der Waals surface area contributed by atoms with Crippen molar-refractivity contribution in [2.75, 3.05) is 5.75 Å². The van der Waals surface area contributed by atoms with Gasteiger partial charge in [-0.1, -0.05) is 41.4 Å². The topological polar surface area (TPSA) is 25.8 Å². The Bertz CT molecular complexity index is 879. The molecule has 0 radical (unpaired) electrons. The fourth-order valence-electron chi connectivity index (χ4n) is 2.68. The van der Waals surface area contributed by atoms with Gasteiger partial charge >= 0.3 is 0 Å². The Balaban J connectivity index is 1.93. The molecule has 1 aliphatic heterocycles. The first-order valence-corrected chi connectivity index (χ1v) is 9.01. The van der Waals surface area contributed by atoms with Crippen LogP contribution >= 0.6 is 35.0 Å². The maximum absolute atomic E-state index is 6.48. The van der Waals surface area contributed by atoms with Crippen LogP contribution in [0, 0.1) is 0 Å². The van der Waals surface area contributed by atoms with Crippen LogP contribution in [0.2, 0.25) is 10.2 Å². The van der Waals surface area contributed by atoms with Gasteiger partial charge in [0.15, 0.2) is 5.82 Å². The number of rotatable bonds is 1. The van der Waals surface area contributed by atoms with Crippen LogP contribution in [0.1, 0.15) is 5.56 Å². The molecule has 0 atom stereocenters. The Labute approximate surface area is 148 Å². The third-order valence-electron chi connectivity index (χ3n) is 3.81. The van der Waals surface area contributed by atoms with Gasteiger partial charge in [-0.3, -0.25) is 0 Å². The molecule has 1 aliphatic rings.